The van der Waals surface area contributed by atoms with Crippen LogP contribution in [0.4, 0.5) is 15.8 Å². The molecule has 0 aliphatic rings. The Balaban J connectivity index is 2.13. The van der Waals surface area contributed by atoms with E-state index in [-0.39, 0.29) is 5.82 Å². The van der Waals surface area contributed by atoms with Crippen LogP contribution in [0.3, 0.4) is 0 Å². The molecule has 2 N–H and O–H groups in total. The van der Waals surface area contributed by atoms with Gasteiger partial charge in [-0.3, -0.25) is 0 Å². The summed E-state index contributed by atoms with van der Waals surface area (Å²) >= 11 is 5.87. The maximum atomic E-state index is 12.8. The van der Waals surface area contributed by atoms with Crippen molar-refractivity contribution in [3.8, 4) is 0 Å². The number of halogens is 2. The van der Waals surface area contributed by atoms with Gasteiger partial charge in [-0.1, -0.05) is 17.7 Å². The molecule has 94 valence electrons. The molecule has 2 nitrogen and oxygen atoms in total. The Labute approximate surface area is 111 Å². The fourth-order valence-corrected chi connectivity index (χ4v) is 1.87. The van der Waals surface area contributed by atoms with Crippen LogP contribution < -0.4 is 10.6 Å². The van der Waals surface area contributed by atoms with Crippen molar-refractivity contribution in [1.29, 1.82) is 0 Å². The molecule has 2 rings (SSSR count). The van der Waals surface area contributed by atoms with E-state index in [0.717, 1.165) is 11.3 Å². The highest BCUT2D eigenvalue weighted by Gasteiger charge is 2.04. The highest BCUT2D eigenvalue weighted by molar-refractivity contribution is 6.33. The van der Waals surface area contributed by atoms with Crippen molar-refractivity contribution >= 4 is 23.0 Å². The van der Waals surface area contributed by atoms with Gasteiger partial charge in [-0.15, -0.1) is 0 Å². The van der Waals surface area contributed by atoms with Crippen molar-refractivity contribution in [3.63, 3.8) is 0 Å². The first-order valence-corrected chi connectivity index (χ1v) is 5.94. The van der Waals surface area contributed by atoms with E-state index in [1.807, 2.05) is 24.1 Å². The summed E-state index contributed by atoms with van der Waals surface area (Å²) in [5.74, 6) is -0.233. The van der Waals surface area contributed by atoms with Gasteiger partial charge in [-0.2, -0.15) is 0 Å². The minimum atomic E-state index is -0.233. The average molecular weight is 265 g/mol. The van der Waals surface area contributed by atoms with E-state index < -0.39 is 0 Å². The molecule has 2 aromatic rings. The summed E-state index contributed by atoms with van der Waals surface area (Å²) in [5, 5.41) is 0.559. The second kappa shape index (κ2) is 5.27. The summed E-state index contributed by atoms with van der Waals surface area (Å²) in [7, 11) is 1.94. The lowest BCUT2D eigenvalue weighted by molar-refractivity contribution is 0.627. The van der Waals surface area contributed by atoms with Crippen LogP contribution in [-0.4, -0.2) is 7.05 Å². The number of benzene rings is 2. The van der Waals surface area contributed by atoms with E-state index >= 15 is 0 Å². The van der Waals surface area contributed by atoms with Crippen molar-refractivity contribution < 1.29 is 4.39 Å². The minimum absolute atomic E-state index is 0.233. The standard InChI is InChI=1S/C14H14ClFN2/c1-18(12-5-3-11(16)4-6-12)9-10-2-7-13(15)14(17)8-10/h2-8H,9,17H2,1H3. The summed E-state index contributed by atoms with van der Waals surface area (Å²) in [6.07, 6.45) is 0. The summed E-state index contributed by atoms with van der Waals surface area (Å²) in [5.41, 5.74) is 8.33. The number of nitrogens with two attached hydrogens (primary N) is 1. The lowest BCUT2D eigenvalue weighted by atomic mass is 10.2. The van der Waals surface area contributed by atoms with Gasteiger partial charge in [0.25, 0.3) is 0 Å². The molecule has 0 saturated carbocycles. The normalized spacial score (nSPS) is 10.4. The van der Waals surface area contributed by atoms with Gasteiger partial charge in [-0.05, 0) is 42.0 Å². The molecule has 0 unspecified atom stereocenters. The van der Waals surface area contributed by atoms with Crippen LogP contribution in [0.5, 0.6) is 0 Å². The maximum Gasteiger partial charge on any atom is 0.123 e. The van der Waals surface area contributed by atoms with Crippen LogP contribution >= 0.6 is 11.6 Å². The molecule has 4 heteroatoms. The fourth-order valence-electron chi connectivity index (χ4n) is 1.75. The molecule has 2 aromatic carbocycles. The molecule has 0 aliphatic heterocycles. The molecule has 0 spiro atoms. The largest absolute Gasteiger partial charge is 0.398 e. The molecule has 0 saturated heterocycles. The summed E-state index contributed by atoms with van der Waals surface area (Å²) in [6, 6.07) is 11.9. The molecular weight excluding hydrogens is 251 g/mol. The predicted molar refractivity (Wildman–Crippen MR) is 74.4 cm³/mol. The molecule has 0 aliphatic carbocycles. The lowest BCUT2D eigenvalue weighted by Gasteiger charge is -2.19. The van der Waals surface area contributed by atoms with Gasteiger partial charge < -0.3 is 10.6 Å². The van der Waals surface area contributed by atoms with E-state index in [9.17, 15) is 4.39 Å². The van der Waals surface area contributed by atoms with Crippen molar-refractivity contribution in [2.24, 2.45) is 0 Å². The van der Waals surface area contributed by atoms with E-state index in [1.165, 1.54) is 12.1 Å². The Hall–Kier alpha value is -1.74. The lowest BCUT2D eigenvalue weighted by Crippen LogP contribution is -2.16. The number of anilines is 2. The Morgan fingerprint density at radius 1 is 1.17 bits per heavy atom. The van der Waals surface area contributed by atoms with Gasteiger partial charge in [0.2, 0.25) is 0 Å². The topological polar surface area (TPSA) is 29.3 Å². The molecule has 0 amide bonds. The zero-order valence-electron chi connectivity index (χ0n) is 10.0. The SMILES string of the molecule is CN(Cc1ccc(Cl)c(N)c1)c1ccc(F)cc1. The van der Waals surface area contributed by atoms with Gasteiger partial charge in [-0.25, -0.2) is 4.39 Å². The molecule has 0 heterocycles. The Morgan fingerprint density at radius 3 is 2.44 bits per heavy atom. The second-order valence-electron chi connectivity index (χ2n) is 4.19. The van der Waals surface area contributed by atoms with Crippen LogP contribution in [0.1, 0.15) is 5.56 Å². The molecule has 0 aromatic heterocycles. The quantitative estimate of drug-likeness (QED) is 0.857. The smallest absolute Gasteiger partial charge is 0.123 e. The second-order valence-corrected chi connectivity index (χ2v) is 4.60. The number of hydrogen-bond acceptors (Lipinski definition) is 2. The van der Waals surface area contributed by atoms with E-state index in [2.05, 4.69) is 0 Å². The molecule has 0 radical (unpaired) electrons. The van der Waals surface area contributed by atoms with Crippen LogP contribution in [0.15, 0.2) is 42.5 Å². The number of nitrogen functional groups attached to an aromatic ring is 1. The van der Waals surface area contributed by atoms with Gasteiger partial charge in [0.05, 0.1) is 10.7 Å². The van der Waals surface area contributed by atoms with Crippen LogP contribution in [0.25, 0.3) is 0 Å². The van der Waals surface area contributed by atoms with Gasteiger partial charge in [0.15, 0.2) is 0 Å². The Kier molecular flexibility index (Phi) is 3.72. The van der Waals surface area contributed by atoms with Crippen LogP contribution in [0, 0.1) is 5.82 Å². The zero-order valence-corrected chi connectivity index (χ0v) is 10.8. The molecule has 18 heavy (non-hydrogen) atoms. The Morgan fingerprint density at radius 2 is 1.83 bits per heavy atom. The minimum Gasteiger partial charge on any atom is -0.398 e. The van der Waals surface area contributed by atoms with Gasteiger partial charge >= 0.3 is 0 Å². The average Bonchev–Trinajstić information content (AvgIpc) is 2.34. The monoisotopic (exact) mass is 264 g/mol. The van der Waals surface area contributed by atoms with Crippen molar-refractivity contribution in [3.05, 3.63) is 58.9 Å². The molecule has 0 fully saturated rings. The van der Waals surface area contributed by atoms with Crippen LogP contribution in [0.2, 0.25) is 5.02 Å². The van der Waals surface area contributed by atoms with E-state index in [1.54, 1.807) is 18.2 Å². The molecular formula is C14H14ClFN2. The highest BCUT2D eigenvalue weighted by atomic mass is 35.5. The van der Waals surface area contributed by atoms with E-state index in [4.69, 9.17) is 17.3 Å². The number of nitrogens with zero attached hydrogens (tertiary/aromatic N) is 1. The Bertz CT molecular complexity index is 540. The first-order chi connectivity index (χ1) is 8.56. The molecule has 0 atom stereocenters. The van der Waals surface area contributed by atoms with Crippen LogP contribution in [-0.2, 0) is 6.54 Å². The molecule has 0 bridgehead atoms. The van der Waals surface area contributed by atoms with Crippen molar-refractivity contribution in [1.82, 2.24) is 0 Å². The third-order valence-electron chi connectivity index (χ3n) is 2.75. The van der Waals surface area contributed by atoms with Crippen molar-refractivity contribution in [2.45, 2.75) is 6.54 Å². The first-order valence-electron chi connectivity index (χ1n) is 5.57. The van der Waals surface area contributed by atoms with Gasteiger partial charge in [0.1, 0.15) is 5.82 Å². The number of hydrogen-bond donors (Lipinski definition) is 1. The summed E-state index contributed by atoms with van der Waals surface area (Å²) in [6.45, 7) is 0.688. The highest BCUT2D eigenvalue weighted by Crippen LogP contribution is 2.22. The fraction of sp³-hybridized carbons (Fsp3) is 0.143. The third kappa shape index (κ3) is 2.93. The van der Waals surface area contributed by atoms with E-state index in [0.29, 0.717) is 17.3 Å². The summed E-state index contributed by atoms with van der Waals surface area (Å²) < 4.78 is 12.8. The predicted octanol–water partition coefficient (Wildman–Crippen LogP) is 3.70. The number of rotatable bonds is 3. The first kappa shape index (κ1) is 12.7. The van der Waals surface area contributed by atoms with Gasteiger partial charge in [0, 0.05) is 19.3 Å². The maximum absolute atomic E-state index is 12.8. The zero-order chi connectivity index (χ0) is 13.1. The third-order valence-corrected chi connectivity index (χ3v) is 3.09. The van der Waals surface area contributed by atoms with Crippen molar-refractivity contribution in [2.75, 3.05) is 17.7 Å². The summed E-state index contributed by atoms with van der Waals surface area (Å²) in [4.78, 5) is 2.02.